The van der Waals surface area contributed by atoms with E-state index in [1.807, 2.05) is 6.92 Å². The minimum atomic E-state index is -2.72. The predicted octanol–water partition coefficient (Wildman–Crippen LogP) is -0.371. The number of Topliss-reactive ketones (excluding diaryl/α,β-unsaturated/α-hetero) is 4. The maximum absolute atomic E-state index is 13.7. The molecule has 1 aromatic rings. The van der Waals surface area contributed by atoms with Crippen LogP contribution in [0.4, 0.5) is 0 Å². The van der Waals surface area contributed by atoms with E-state index in [-0.39, 0.29) is 24.2 Å². The van der Waals surface area contributed by atoms with Gasteiger partial charge < -0.3 is 15.9 Å². The molecule has 3 aliphatic rings. The van der Waals surface area contributed by atoms with Crippen LogP contribution in [-0.4, -0.2) is 69.9 Å². The average molecular weight is 466 g/mol. The molecular weight excluding hydrogens is 440 g/mol. The van der Waals surface area contributed by atoms with Crippen molar-refractivity contribution in [3.8, 4) is 17.6 Å². The molecule has 0 aliphatic heterocycles. The summed E-state index contributed by atoms with van der Waals surface area (Å²) < 4.78 is 0. The largest absolute Gasteiger partial charge is 0.507 e. The lowest BCUT2D eigenvalue weighted by Crippen LogP contribution is -2.74. The highest BCUT2D eigenvalue weighted by Gasteiger charge is 2.69. The molecule has 4 rings (SSSR count). The topological polar surface area (TPSA) is 155 Å². The molecule has 1 aromatic carbocycles. The molecule has 0 bridgehead atoms. The summed E-state index contributed by atoms with van der Waals surface area (Å²) in [6, 6.07) is 1.82. The van der Waals surface area contributed by atoms with Crippen LogP contribution in [0.3, 0.4) is 0 Å². The van der Waals surface area contributed by atoms with E-state index in [2.05, 4.69) is 11.8 Å². The van der Waals surface area contributed by atoms with Crippen molar-refractivity contribution in [1.82, 2.24) is 4.90 Å². The number of hydrogen-bond donors (Lipinski definition) is 3. The van der Waals surface area contributed by atoms with Crippen molar-refractivity contribution in [2.75, 3.05) is 14.1 Å². The lowest BCUT2D eigenvalue weighted by molar-refractivity contribution is -0.181. The third kappa shape index (κ3) is 3.13. The van der Waals surface area contributed by atoms with Crippen molar-refractivity contribution in [2.24, 2.45) is 29.4 Å². The molecule has 4 N–H and O–H groups in total. The van der Waals surface area contributed by atoms with Crippen LogP contribution in [0.25, 0.3) is 0 Å². The van der Waals surface area contributed by atoms with E-state index in [1.54, 1.807) is 20.2 Å². The molecule has 2 fully saturated rings. The van der Waals surface area contributed by atoms with E-state index in [1.165, 1.54) is 11.0 Å². The van der Waals surface area contributed by atoms with Gasteiger partial charge in [-0.3, -0.25) is 28.9 Å². The minimum Gasteiger partial charge on any atom is -0.507 e. The zero-order valence-electron chi connectivity index (χ0n) is 19.1. The van der Waals surface area contributed by atoms with E-state index in [9.17, 15) is 34.2 Å². The van der Waals surface area contributed by atoms with Gasteiger partial charge in [0.2, 0.25) is 5.91 Å². The Morgan fingerprint density at radius 1 is 1.21 bits per heavy atom. The summed E-state index contributed by atoms with van der Waals surface area (Å²) in [7, 11) is 3.09. The third-order valence-corrected chi connectivity index (χ3v) is 7.34. The Bertz CT molecular complexity index is 1210. The summed E-state index contributed by atoms with van der Waals surface area (Å²) in [6.45, 7) is 1.87. The average Bonchev–Trinajstić information content (AvgIpc) is 2.75. The van der Waals surface area contributed by atoms with Gasteiger partial charge in [0.15, 0.2) is 34.7 Å². The minimum absolute atomic E-state index is 0.0141. The van der Waals surface area contributed by atoms with Crippen molar-refractivity contribution in [3.05, 3.63) is 28.8 Å². The fraction of sp³-hybridized carbons (Fsp3) is 0.480. The quantitative estimate of drug-likeness (QED) is 0.394. The van der Waals surface area contributed by atoms with Gasteiger partial charge in [0.05, 0.1) is 17.5 Å². The third-order valence-electron chi connectivity index (χ3n) is 7.34. The number of hydrogen-bond acceptors (Lipinski definition) is 8. The van der Waals surface area contributed by atoms with Crippen molar-refractivity contribution in [3.63, 3.8) is 0 Å². The number of amides is 1. The second-order valence-corrected chi connectivity index (χ2v) is 9.43. The molecule has 9 nitrogen and oxygen atoms in total. The predicted molar refractivity (Wildman–Crippen MR) is 119 cm³/mol. The first-order chi connectivity index (χ1) is 16.0. The van der Waals surface area contributed by atoms with Gasteiger partial charge in [0.1, 0.15) is 5.75 Å². The number of fused-ring (bicyclic) bond motifs is 3. The molecule has 178 valence electrons. The Balaban J connectivity index is 1.88. The Morgan fingerprint density at radius 3 is 2.47 bits per heavy atom. The van der Waals surface area contributed by atoms with E-state index >= 15 is 0 Å². The molecule has 0 radical (unpaired) electrons. The van der Waals surface area contributed by atoms with Gasteiger partial charge in [-0.1, -0.05) is 18.8 Å². The number of rotatable bonds is 2. The molecule has 0 spiro atoms. The van der Waals surface area contributed by atoms with Crippen molar-refractivity contribution < 1.29 is 34.2 Å². The molecule has 3 aliphatic carbocycles. The number of benzene rings is 1. The van der Waals surface area contributed by atoms with Crippen molar-refractivity contribution in [2.45, 2.75) is 37.8 Å². The van der Waals surface area contributed by atoms with Gasteiger partial charge in [-0.25, -0.2) is 0 Å². The van der Waals surface area contributed by atoms with Crippen molar-refractivity contribution >= 4 is 29.0 Å². The fourth-order valence-corrected chi connectivity index (χ4v) is 5.91. The molecule has 6 atom stereocenters. The maximum atomic E-state index is 13.7. The first-order valence-electron chi connectivity index (χ1n) is 11.1. The Hall–Kier alpha value is -3.35. The van der Waals surface area contributed by atoms with Crippen LogP contribution < -0.4 is 5.73 Å². The Kier molecular flexibility index (Phi) is 5.70. The normalized spacial score (nSPS) is 32.4. The van der Waals surface area contributed by atoms with E-state index < -0.39 is 64.4 Å². The second-order valence-electron chi connectivity index (χ2n) is 9.43. The van der Waals surface area contributed by atoms with Gasteiger partial charge in [0.25, 0.3) is 0 Å². The smallest absolute Gasteiger partial charge is 0.235 e. The van der Waals surface area contributed by atoms with Gasteiger partial charge in [-0.15, -0.1) is 0 Å². The fourth-order valence-electron chi connectivity index (χ4n) is 5.91. The number of likely N-dealkylation sites (N-methyl/N-ethyl adjacent to an activating group) is 1. The lowest BCUT2D eigenvalue weighted by atomic mass is 9.52. The van der Waals surface area contributed by atoms with Crippen molar-refractivity contribution in [1.29, 1.82) is 0 Å². The molecule has 0 aromatic heterocycles. The first-order valence-corrected chi connectivity index (χ1v) is 11.1. The number of carbonyl (C=O) groups is 5. The second kappa shape index (κ2) is 8.15. The summed E-state index contributed by atoms with van der Waals surface area (Å²) >= 11 is 0. The Morgan fingerprint density at radius 2 is 1.88 bits per heavy atom. The van der Waals surface area contributed by atoms with Crippen LogP contribution in [0, 0.1) is 35.5 Å². The van der Waals surface area contributed by atoms with E-state index in [4.69, 9.17) is 5.73 Å². The molecule has 9 heteroatoms. The number of aromatic hydroxyl groups is 1. The molecule has 1 amide bonds. The number of aliphatic hydroxyl groups is 1. The van der Waals surface area contributed by atoms with Crippen LogP contribution in [0.5, 0.6) is 5.75 Å². The maximum Gasteiger partial charge on any atom is 0.235 e. The number of phenols is 1. The summed E-state index contributed by atoms with van der Waals surface area (Å²) in [5, 5.41) is 22.0. The number of carbonyl (C=O) groups excluding carboxylic acids is 5. The van der Waals surface area contributed by atoms with Crippen LogP contribution in [0.1, 0.15) is 41.3 Å². The van der Waals surface area contributed by atoms with Crippen LogP contribution in [0.2, 0.25) is 0 Å². The zero-order valence-corrected chi connectivity index (χ0v) is 19.1. The SMILES string of the molecule is CCC#Cc1ccc(O)c2c1CC1CC3C(N(C)C)C(=O)C(C(N)=O)C(=O)C3(O)C(=O)C1C2=O. The Labute approximate surface area is 196 Å². The molecule has 2 saturated carbocycles. The number of primary amides is 1. The van der Waals surface area contributed by atoms with Gasteiger partial charge in [-0.05, 0) is 50.6 Å². The standard InChI is InChI=1S/C25H26N2O7/c1-4-5-6-11-7-8-15(28)17-13(11)9-12-10-14-19(27(2)3)21(30)18(24(26)33)23(32)25(14,34)22(31)16(12)20(17)29/h7-8,12,14,16,18-19,28,34H,4,9-10H2,1-3H3,(H2,26,33). The zero-order chi connectivity index (χ0) is 25.1. The molecule has 6 unspecified atom stereocenters. The van der Waals surface area contributed by atoms with Crippen LogP contribution >= 0.6 is 0 Å². The summed E-state index contributed by atoms with van der Waals surface area (Å²) in [5.74, 6) is -4.58. The lowest BCUT2D eigenvalue weighted by Gasteiger charge is -2.52. The van der Waals surface area contributed by atoms with E-state index in [0.29, 0.717) is 17.5 Å². The summed E-state index contributed by atoms with van der Waals surface area (Å²) in [4.78, 5) is 66.9. The summed E-state index contributed by atoms with van der Waals surface area (Å²) in [5.41, 5.74) is 3.61. The van der Waals surface area contributed by atoms with Gasteiger partial charge in [0, 0.05) is 17.9 Å². The number of nitrogens with two attached hydrogens (primary N) is 1. The first kappa shape index (κ1) is 23.8. The molecule has 0 saturated heterocycles. The number of phenolic OH excluding ortho intramolecular Hbond substituents is 1. The van der Waals surface area contributed by atoms with Gasteiger partial charge in [-0.2, -0.15) is 0 Å². The van der Waals surface area contributed by atoms with Crippen LogP contribution in [-0.2, 0) is 25.6 Å². The highest BCUT2D eigenvalue weighted by atomic mass is 16.3. The van der Waals surface area contributed by atoms with Gasteiger partial charge >= 0.3 is 0 Å². The highest BCUT2D eigenvalue weighted by molar-refractivity contribution is 6.32. The molecule has 34 heavy (non-hydrogen) atoms. The van der Waals surface area contributed by atoms with E-state index in [0.717, 1.165) is 0 Å². The number of nitrogens with zero attached hydrogens (tertiary/aromatic N) is 1. The molecular formula is C25H26N2O7. The van der Waals surface area contributed by atoms with Crippen LogP contribution in [0.15, 0.2) is 12.1 Å². The summed E-state index contributed by atoms with van der Waals surface area (Å²) in [6.07, 6.45) is 0.799. The number of ketones is 4. The molecule has 0 heterocycles. The highest BCUT2D eigenvalue weighted by Crippen LogP contribution is 2.50. The monoisotopic (exact) mass is 466 g/mol.